The second kappa shape index (κ2) is 6.76. The molecule has 0 spiro atoms. The molecular formula is C20H24N2O3. The quantitative estimate of drug-likeness (QED) is 0.796. The van der Waals surface area contributed by atoms with Gasteiger partial charge in [0.2, 0.25) is 0 Å². The lowest BCUT2D eigenvalue weighted by atomic mass is 9.93. The number of esters is 1. The van der Waals surface area contributed by atoms with Crippen molar-refractivity contribution in [3.05, 3.63) is 60.2 Å². The first-order valence-corrected chi connectivity index (χ1v) is 8.34. The van der Waals surface area contributed by atoms with Crippen LogP contribution in [0.25, 0.3) is 0 Å². The zero-order chi connectivity index (χ0) is 18.0. The highest BCUT2D eigenvalue weighted by Gasteiger charge is 2.49. The number of para-hydroxylation sites is 1. The largest absolute Gasteiger partial charge is 0.467 e. The Morgan fingerprint density at radius 1 is 1.16 bits per heavy atom. The van der Waals surface area contributed by atoms with Crippen LogP contribution in [0.15, 0.2) is 54.6 Å². The van der Waals surface area contributed by atoms with Gasteiger partial charge in [0, 0.05) is 26.2 Å². The van der Waals surface area contributed by atoms with Crippen LogP contribution in [-0.2, 0) is 14.4 Å². The van der Waals surface area contributed by atoms with Crippen molar-refractivity contribution >= 4 is 17.3 Å². The molecule has 25 heavy (non-hydrogen) atoms. The molecule has 0 N–H and O–H groups in total. The van der Waals surface area contributed by atoms with Crippen molar-refractivity contribution in [2.24, 2.45) is 0 Å². The van der Waals surface area contributed by atoms with Crippen LogP contribution in [0.5, 0.6) is 0 Å². The van der Waals surface area contributed by atoms with Crippen molar-refractivity contribution in [1.29, 1.82) is 0 Å². The van der Waals surface area contributed by atoms with E-state index in [1.165, 1.54) is 7.11 Å². The normalized spacial score (nSPS) is 22.7. The van der Waals surface area contributed by atoms with Crippen LogP contribution in [-0.4, -0.2) is 32.8 Å². The maximum atomic E-state index is 12.3. The molecule has 2 aromatic carbocycles. The summed E-state index contributed by atoms with van der Waals surface area (Å²) in [4.78, 5) is 20.4. The zero-order valence-electron chi connectivity index (χ0n) is 15.1. The molecule has 5 nitrogen and oxygen atoms in total. The summed E-state index contributed by atoms with van der Waals surface area (Å²) < 4.78 is 4.96. The van der Waals surface area contributed by atoms with Crippen molar-refractivity contribution < 1.29 is 14.4 Å². The number of hydroxylamine groups is 1. The van der Waals surface area contributed by atoms with Crippen molar-refractivity contribution in [1.82, 2.24) is 0 Å². The Bertz CT molecular complexity index is 730. The van der Waals surface area contributed by atoms with Gasteiger partial charge < -0.3 is 9.64 Å². The Hall–Kier alpha value is -2.53. The van der Waals surface area contributed by atoms with Gasteiger partial charge in [0.1, 0.15) is 0 Å². The predicted octanol–water partition coefficient (Wildman–Crippen LogP) is 3.57. The lowest BCUT2D eigenvalue weighted by Gasteiger charge is -2.26. The van der Waals surface area contributed by atoms with Crippen molar-refractivity contribution in [2.45, 2.75) is 25.0 Å². The van der Waals surface area contributed by atoms with E-state index in [9.17, 15) is 4.79 Å². The minimum Gasteiger partial charge on any atom is -0.467 e. The van der Waals surface area contributed by atoms with Gasteiger partial charge in [-0.1, -0.05) is 30.3 Å². The lowest BCUT2D eigenvalue weighted by Crippen LogP contribution is -2.37. The standard InChI is InChI=1S/C20H24N2O3/c1-20(19(23)24-4)14-18(15-10-12-16(13-11-15)21(2)3)22(25-20)17-8-6-5-7-9-17/h5-13,18H,14H2,1-4H3/t18-,20+/m0/s1. The van der Waals surface area contributed by atoms with Crippen molar-refractivity contribution in [2.75, 3.05) is 31.2 Å². The zero-order valence-corrected chi connectivity index (χ0v) is 15.1. The van der Waals surface area contributed by atoms with Gasteiger partial charge in [0.15, 0.2) is 5.60 Å². The third-order valence-corrected chi connectivity index (χ3v) is 4.59. The van der Waals surface area contributed by atoms with E-state index >= 15 is 0 Å². The second-order valence-electron chi connectivity index (χ2n) is 6.68. The summed E-state index contributed by atoms with van der Waals surface area (Å²) in [5.41, 5.74) is 2.14. The fourth-order valence-corrected chi connectivity index (χ4v) is 3.16. The molecule has 0 bridgehead atoms. The van der Waals surface area contributed by atoms with Crippen LogP contribution in [0.3, 0.4) is 0 Å². The molecule has 3 rings (SSSR count). The number of carbonyl (C=O) groups excluding carboxylic acids is 1. The van der Waals surface area contributed by atoms with Crippen LogP contribution in [0, 0.1) is 0 Å². The summed E-state index contributed by atoms with van der Waals surface area (Å²) >= 11 is 0. The smallest absolute Gasteiger partial charge is 0.340 e. The van der Waals surface area contributed by atoms with Gasteiger partial charge >= 0.3 is 5.97 Å². The van der Waals surface area contributed by atoms with E-state index in [1.54, 1.807) is 6.92 Å². The average Bonchev–Trinajstić information content (AvgIpc) is 3.01. The van der Waals surface area contributed by atoms with Gasteiger partial charge in [-0.25, -0.2) is 9.86 Å². The number of nitrogens with zero attached hydrogens (tertiary/aromatic N) is 2. The van der Waals surface area contributed by atoms with E-state index in [2.05, 4.69) is 29.2 Å². The molecule has 1 aliphatic rings. The van der Waals surface area contributed by atoms with E-state index < -0.39 is 5.60 Å². The van der Waals surface area contributed by atoms with E-state index in [4.69, 9.17) is 9.57 Å². The highest BCUT2D eigenvalue weighted by atomic mass is 16.7. The highest BCUT2D eigenvalue weighted by Crippen LogP contribution is 2.43. The minimum absolute atomic E-state index is 0.0669. The Balaban J connectivity index is 1.97. The van der Waals surface area contributed by atoms with Gasteiger partial charge in [0.05, 0.1) is 18.8 Å². The molecule has 1 aliphatic heterocycles. The summed E-state index contributed by atoms with van der Waals surface area (Å²) in [7, 11) is 5.42. The molecule has 0 aliphatic carbocycles. The molecule has 0 saturated carbocycles. The molecule has 1 fully saturated rings. The van der Waals surface area contributed by atoms with Crippen LogP contribution in [0.4, 0.5) is 11.4 Å². The molecule has 0 aromatic heterocycles. The maximum Gasteiger partial charge on any atom is 0.340 e. The molecule has 1 heterocycles. The first-order valence-electron chi connectivity index (χ1n) is 8.34. The van der Waals surface area contributed by atoms with Gasteiger partial charge in [-0.2, -0.15) is 0 Å². The Labute approximate surface area is 148 Å². The van der Waals surface area contributed by atoms with E-state index in [0.29, 0.717) is 6.42 Å². The first kappa shape index (κ1) is 17.3. The fraction of sp³-hybridized carbons (Fsp3) is 0.350. The Morgan fingerprint density at radius 3 is 2.36 bits per heavy atom. The molecule has 0 radical (unpaired) electrons. The fourth-order valence-electron chi connectivity index (χ4n) is 3.16. The topological polar surface area (TPSA) is 42.0 Å². The van der Waals surface area contributed by atoms with E-state index in [1.807, 2.05) is 49.5 Å². The number of carbonyl (C=O) groups is 1. The summed E-state index contributed by atoms with van der Waals surface area (Å²) in [5.74, 6) is -0.360. The lowest BCUT2D eigenvalue weighted by molar-refractivity contribution is -0.163. The van der Waals surface area contributed by atoms with Gasteiger partial charge in [-0.15, -0.1) is 0 Å². The summed E-state index contributed by atoms with van der Waals surface area (Å²) in [5, 5.41) is 1.82. The van der Waals surface area contributed by atoms with E-state index in [-0.39, 0.29) is 12.0 Å². The summed E-state index contributed by atoms with van der Waals surface area (Å²) in [6.07, 6.45) is 0.524. The number of ether oxygens (including phenoxy) is 1. The van der Waals surface area contributed by atoms with Crippen molar-refractivity contribution in [3.8, 4) is 0 Å². The number of hydrogen-bond donors (Lipinski definition) is 0. The molecule has 2 aromatic rings. The Morgan fingerprint density at radius 2 is 1.80 bits per heavy atom. The minimum atomic E-state index is -1.00. The SMILES string of the molecule is COC(=O)[C@@]1(C)C[C@@H](c2ccc(N(C)C)cc2)N(c2ccccc2)O1. The van der Waals surface area contributed by atoms with Crippen LogP contribution in [0.2, 0.25) is 0 Å². The molecule has 0 amide bonds. The predicted molar refractivity (Wildman–Crippen MR) is 98.6 cm³/mol. The third-order valence-electron chi connectivity index (χ3n) is 4.59. The van der Waals surface area contributed by atoms with Gasteiger partial charge in [-0.05, 0) is 36.8 Å². The molecular weight excluding hydrogens is 316 g/mol. The van der Waals surface area contributed by atoms with Gasteiger partial charge in [0.25, 0.3) is 0 Å². The third kappa shape index (κ3) is 3.33. The van der Waals surface area contributed by atoms with Crippen LogP contribution >= 0.6 is 0 Å². The number of anilines is 2. The van der Waals surface area contributed by atoms with Crippen molar-refractivity contribution in [3.63, 3.8) is 0 Å². The number of rotatable bonds is 4. The highest BCUT2D eigenvalue weighted by molar-refractivity contribution is 5.80. The number of hydrogen-bond acceptors (Lipinski definition) is 5. The first-order chi connectivity index (χ1) is 11.9. The summed E-state index contributed by atoms with van der Waals surface area (Å²) in [6.45, 7) is 1.78. The number of methoxy groups -OCH3 is 1. The molecule has 132 valence electrons. The maximum absolute atomic E-state index is 12.3. The average molecular weight is 340 g/mol. The molecule has 5 heteroatoms. The molecule has 1 saturated heterocycles. The monoisotopic (exact) mass is 340 g/mol. The van der Waals surface area contributed by atoms with Gasteiger partial charge in [-0.3, -0.25) is 4.84 Å². The Kier molecular flexibility index (Phi) is 4.68. The molecule has 2 atom stereocenters. The second-order valence-corrected chi connectivity index (χ2v) is 6.68. The summed E-state index contributed by atoms with van der Waals surface area (Å²) in [6, 6.07) is 18.1. The van der Waals surface area contributed by atoms with Crippen LogP contribution in [0.1, 0.15) is 24.9 Å². The van der Waals surface area contributed by atoms with E-state index in [0.717, 1.165) is 16.9 Å². The molecule has 0 unspecified atom stereocenters. The van der Waals surface area contributed by atoms with Crippen LogP contribution < -0.4 is 9.96 Å². The number of benzene rings is 2.